The minimum absolute atomic E-state index is 0.183. The summed E-state index contributed by atoms with van der Waals surface area (Å²) in [5.41, 5.74) is 2.40. The largest absolute Gasteiger partial charge is 0.307 e. The molecule has 0 aliphatic heterocycles. The zero-order chi connectivity index (χ0) is 13.5. The minimum atomic E-state index is 0.183. The summed E-state index contributed by atoms with van der Waals surface area (Å²) in [6, 6.07) is 10.7. The van der Waals surface area contributed by atoms with E-state index in [0.29, 0.717) is 0 Å². The SMILES string of the molecule is CCCNC(Cc1ccccc1)c1ncc(C)cn1. The zero-order valence-electron chi connectivity index (χ0n) is 11.6. The number of nitrogens with zero attached hydrogens (tertiary/aromatic N) is 2. The lowest BCUT2D eigenvalue weighted by Crippen LogP contribution is -2.26. The third-order valence-corrected chi connectivity index (χ3v) is 3.04. The van der Waals surface area contributed by atoms with Crippen molar-refractivity contribution in [3.63, 3.8) is 0 Å². The van der Waals surface area contributed by atoms with Crippen LogP contribution in [-0.4, -0.2) is 16.5 Å². The van der Waals surface area contributed by atoms with Gasteiger partial charge in [-0.05, 0) is 37.4 Å². The summed E-state index contributed by atoms with van der Waals surface area (Å²) in [4.78, 5) is 8.91. The fourth-order valence-electron chi connectivity index (χ4n) is 2.01. The van der Waals surface area contributed by atoms with Gasteiger partial charge in [-0.2, -0.15) is 0 Å². The number of aromatic nitrogens is 2. The van der Waals surface area contributed by atoms with Gasteiger partial charge in [-0.1, -0.05) is 37.3 Å². The molecule has 0 spiro atoms. The summed E-state index contributed by atoms with van der Waals surface area (Å²) < 4.78 is 0. The molecule has 1 heterocycles. The van der Waals surface area contributed by atoms with E-state index in [-0.39, 0.29) is 6.04 Å². The van der Waals surface area contributed by atoms with Gasteiger partial charge in [0.25, 0.3) is 0 Å². The highest BCUT2D eigenvalue weighted by molar-refractivity contribution is 5.17. The van der Waals surface area contributed by atoms with E-state index < -0.39 is 0 Å². The van der Waals surface area contributed by atoms with Crippen molar-refractivity contribution in [1.29, 1.82) is 0 Å². The van der Waals surface area contributed by atoms with Crippen molar-refractivity contribution in [3.05, 3.63) is 59.7 Å². The van der Waals surface area contributed by atoms with Crippen molar-refractivity contribution in [2.45, 2.75) is 32.7 Å². The molecule has 1 aromatic heterocycles. The van der Waals surface area contributed by atoms with Crippen molar-refractivity contribution in [3.8, 4) is 0 Å². The summed E-state index contributed by atoms with van der Waals surface area (Å²) >= 11 is 0. The van der Waals surface area contributed by atoms with Gasteiger partial charge < -0.3 is 5.32 Å². The summed E-state index contributed by atoms with van der Waals surface area (Å²) in [5, 5.41) is 3.53. The van der Waals surface area contributed by atoms with Crippen molar-refractivity contribution in [1.82, 2.24) is 15.3 Å². The quantitative estimate of drug-likeness (QED) is 0.862. The van der Waals surface area contributed by atoms with E-state index in [1.807, 2.05) is 25.4 Å². The Balaban J connectivity index is 2.13. The molecule has 0 fully saturated rings. The van der Waals surface area contributed by atoms with Gasteiger partial charge in [-0.25, -0.2) is 9.97 Å². The van der Waals surface area contributed by atoms with Gasteiger partial charge in [0, 0.05) is 12.4 Å². The molecule has 0 radical (unpaired) electrons. The summed E-state index contributed by atoms with van der Waals surface area (Å²) in [6.45, 7) is 5.16. The third-order valence-electron chi connectivity index (χ3n) is 3.04. The molecular weight excluding hydrogens is 234 g/mol. The maximum absolute atomic E-state index is 4.45. The predicted octanol–water partition coefficient (Wildman–Crippen LogP) is 3.07. The number of nitrogens with one attached hydrogen (secondary N) is 1. The molecule has 100 valence electrons. The second-order valence-electron chi connectivity index (χ2n) is 4.82. The normalized spacial score (nSPS) is 12.3. The second-order valence-corrected chi connectivity index (χ2v) is 4.82. The molecule has 0 amide bonds. The van der Waals surface area contributed by atoms with Crippen LogP contribution in [0, 0.1) is 6.92 Å². The average Bonchev–Trinajstić information content (AvgIpc) is 2.45. The molecule has 1 atom stereocenters. The van der Waals surface area contributed by atoms with E-state index in [4.69, 9.17) is 0 Å². The second kappa shape index (κ2) is 7.00. The van der Waals surface area contributed by atoms with E-state index in [2.05, 4.69) is 46.5 Å². The lowest BCUT2D eigenvalue weighted by molar-refractivity contribution is 0.504. The van der Waals surface area contributed by atoms with Gasteiger partial charge in [0.2, 0.25) is 0 Å². The predicted molar refractivity (Wildman–Crippen MR) is 77.9 cm³/mol. The molecule has 1 unspecified atom stereocenters. The third kappa shape index (κ3) is 4.14. The number of aryl methyl sites for hydroxylation is 1. The van der Waals surface area contributed by atoms with Crippen LogP contribution in [0.5, 0.6) is 0 Å². The zero-order valence-corrected chi connectivity index (χ0v) is 11.6. The molecule has 2 aromatic rings. The van der Waals surface area contributed by atoms with Gasteiger partial charge in [-0.15, -0.1) is 0 Å². The topological polar surface area (TPSA) is 37.8 Å². The van der Waals surface area contributed by atoms with Crippen LogP contribution in [0.15, 0.2) is 42.7 Å². The van der Waals surface area contributed by atoms with Gasteiger partial charge >= 0.3 is 0 Å². The van der Waals surface area contributed by atoms with Gasteiger partial charge in [0.15, 0.2) is 0 Å². The molecule has 0 aliphatic rings. The Morgan fingerprint density at radius 3 is 2.42 bits per heavy atom. The fraction of sp³-hybridized carbons (Fsp3) is 0.375. The van der Waals surface area contributed by atoms with Crippen LogP contribution in [0.3, 0.4) is 0 Å². The molecule has 3 heteroatoms. The Morgan fingerprint density at radius 1 is 1.11 bits per heavy atom. The van der Waals surface area contributed by atoms with Crippen molar-refractivity contribution in [2.24, 2.45) is 0 Å². The van der Waals surface area contributed by atoms with Gasteiger partial charge in [-0.3, -0.25) is 0 Å². The van der Waals surface area contributed by atoms with Crippen LogP contribution in [0.2, 0.25) is 0 Å². The summed E-state index contributed by atoms with van der Waals surface area (Å²) in [5.74, 6) is 0.878. The Morgan fingerprint density at radius 2 is 1.79 bits per heavy atom. The van der Waals surface area contributed by atoms with Crippen LogP contribution < -0.4 is 5.32 Å². The molecule has 0 saturated heterocycles. The van der Waals surface area contributed by atoms with E-state index in [1.165, 1.54) is 5.56 Å². The highest BCUT2D eigenvalue weighted by Crippen LogP contribution is 2.15. The molecule has 1 N–H and O–H groups in total. The number of hydrogen-bond acceptors (Lipinski definition) is 3. The van der Waals surface area contributed by atoms with Crippen LogP contribution in [-0.2, 0) is 6.42 Å². The lowest BCUT2D eigenvalue weighted by Gasteiger charge is -2.17. The van der Waals surface area contributed by atoms with E-state index >= 15 is 0 Å². The Hall–Kier alpha value is -1.74. The average molecular weight is 255 g/mol. The number of hydrogen-bond donors (Lipinski definition) is 1. The van der Waals surface area contributed by atoms with Crippen LogP contribution in [0.4, 0.5) is 0 Å². The van der Waals surface area contributed by atoms with E-state index in [0.717, 1.165) is 30.8 Å². The highest BCUT2D eigenvalue weighted by atomic mass is 15.0. The van der Waals surface area contributed by atoms with E-state index in [1.54, 1.807) is 0 Å². The number of benzene rings is 1. The first kappa shape index (κ1) is 13.7. The smallest absolute Gasteiger partial charge is 0.145 e. The molecule has 3 nitrogen and oxygen atoms in total. The van der Waals surface area contributed by atoms with Crippen LogP contribution >= 0.6 is 0 Å². The standard InChI is InChI=1S/C16H21N3/c1-3-9-17-15(10-14-7-5-4-6-8-14)16-18-11-13(2)12-19-16/h4-8,11-12,15,17H,3,9-10H2,1-2H3. The van der Waals surface area contributed by atoms with Gasteiger partial charge in [0.1, 0.15) is 5.82 Å². The first-order chi connectivity index (χ1) is 9.29. The fourth-order valence-corrected chi connectivity index (χ4v) is 2.01. The first-order valence-electron chi connectivity index (χ1n) is 6.85. The molecule has 0 bridgehead atoms. The Bertz CT molecular complexity index is 479. The highest BCUT2D eigenvalue weighted by Gasteiger charge is 2.14. The van der Waals surface area contributed by atoms with Crippen molar-refractivity contribution in [2.75, 3.05) is 6.54 Å². The molecule has 0 aliphatic carbocycles. The summed E-state index contributed by atoms with van der Waals surface area (Å²) in [6.07, 6.45) is 5.79. The molecule has 0 saturated carbocycles. The van der Waals surface area contributed by atoms with Crippen molar-refractivity contribution >= 4 is 0 Å². The number of rotatable bonds is 6. The molecule has 2 rings (SSSR count). The minimum Gasteiger partial charge on any atom is -0.307 e. The molecule has 1 aromatic carbocycles. The molecular formula is C16H21N3. The Kier molecular flexibility index (Phi) is 5.04. The first-order valence-corrected chi connectivity index (χ1v) is 6.85. The van der Waals surface area contributed by atoms with Crippen LogP contribution in [0.1, 0.15) is 36.3 Å². The monoisotopic (exact) mass is 255 g/mol. The van der Waals surface area contributed by atoms with Crippen molar-refractivity contribution < 1.29 is 0 Å². The maximum Gasteiger partial charge on any atom is 0.145 e. The molecule has 19 heavy (non-hydrogen) atoms. The maximum atomic E-state index is 4.45. The summed E-state index contributed by atoms with van der Waals surface area (Å²) in [7, 11) is 0. The van der Waals surface area contributed by atoms with E-state index in [9.17, 15) is 0 Å². The lowest BCUT2D eigenvalue weighted by atomic mass is 10.1. The van der Waals surface area contributed by atoms with Gasteiger partial charge in [0.05, 0.1) is 6.04 Å². The Labute approximate surface area is 115 Å². The van der Waals surface area contributed by atoms with Crippen LogP contribution in [0.25, 0.3) is 0 Å².